The number of carboxylic acids is 1. The van der Waals surface area contributed by atoms with E-state index in [1.165, 1.54) is 18.2 Å². The van der Waals surface area contributed by atoms with E-state index in [-0.39, 0.29) is 24.8 Å². The maximum atomic E-state index is 13.3. The molecule has 1 atom stereocenters. The van der Waals surface area contributed by atoms with Gasteiger partial charge in [0.1, 0.15) is 0 Å². The van der Waals surface area contributed by atoms with Crippen molar-refractivity contribution in [3.63, 3.8) is 0 Å². The summed E-state index contributed by atoms with van der Waals surface area (Å²) in [5, 5.41) is 11.5. The van der Waals surface area contributed by atoms with Crippen LogP contribution in [0, 0.1) is 17.7 Å². The van der Waals surface area contributed by atoms with Crippen LogP contribution in [0.1, 0.15) is 20.3 Å². The van der Waals surface area contributed by atoms with Crippen molar-refractivity contribution in [2.75, 3.05) is 13.2 Å². The molecule has 116 valence electrons. The third-order valence-electron chi connectivity index (χ3n) is 2.85. The first-order valence-electron chi connectivity index (χ1n) is 6.77. The lowest BCUT2D eigenvalue weighted by atomic mass is 9.97. The number of carbonyl (C=O) groups excluding carboxylic acids is 1. The molecule has 0 fully saturated rings. The predicted molar refractivity (Wildman–Crippen MR) is 75.5 cm³/mol. The molecule has 0 heterocycles. The second kappa shape index (κ2) is 8.24. The molecule has 0 aliphatic rings. The average Bonchev–Trinajstić information content (AvgIpc) is 2.41. The molecular formula is C15H20FNO4. The van der Waals surface area contributed by atoms with Crippen molar-refractivity contribution in [1.82, 2.24) is 5.32 Å². The topological polar surface area (TPSA) is 75.6 Å². The number of carbonyl (C=O) groups is 2. The Labute approximate surface area is 123 Å². The minimum Gasteiger partial charge on any atom is -0.481 e. The molecule has 0 saturated heterocycles. The summed E-state index contributed by atoms with van der Waals surface area (Å²) in [6.45, 7) is 3.51. The molecular weight excluding hydrogens is 277 g/mol. The molecule has 0 bridgehead atoms. The lowest BCUT2D eigenvalue weighted by Gasteiger charge is -2.15. The number of ether oxygens (including phenoxy) is 1. The van der Waals surface area contributed by atoms with E-state index in [1.807, 2.05) is 13.8 Å². The fourth-order valence-electron chi connectivity index (χ4n) is 1.83. The zero-order valence-corrected chi connectivity index (χ0v) is 12.1. The number of para-hydroxylation sites is 1. The highest BCUT2D eigenvalue weighted by Gasteiger charge is 2.19. The molecule has 5 nitrogen and oxygen atoms in total. The van der Waals surface area contributed by atoms with Crippen LogP contribution < -0.4 is 10.1 Å². The van der Waals surface area contributed by atoms with Crippen LogP contribution in [-0.2, 0) is 9.59 Å². The summed E-state index contributed by atoms with van der Waals surface area (Å²) >= 11 is 0. The van der Waals surface area contributed by atoms with Crippen molar-refractivity contribution in [3.05, 3.63) is 30.1 Å². The SMILES string of the molecule is CC(C)CC(CNC(=O)COc1ccccc1F)C(=O)O. The van der Waals surface area contributed by atoms with Gasteiger partial charge in [0, 0.05) is 6.54 Å². The Bertz CT molecular complexity index is 490. The number of nitrogens with one attached hydrogen (secondary N) is 1. The average molecular weight is 297 g/mol. The first-order chi connectivity index (χ1) is 9.90. The number of benzene rings is 1. The van der Waals surface area contributed by atoms with Crippen molar-refractivity contribution in [2.45, 2.75) is 20.3 Å². The van der Waals surface area contributed by atoms with E-state index in [0.29, 0.717) is 6.42 Å². The fourth-order valence-corrected chi connectivity index (χ4v) is 1.83. The Kier molecular flexibility index (Phi) is 6.65. The van der Waals surface area contributed by atoms with Gasteiger partial charge in [0.05, 0.1) is 5.92 Å². The van der Waals surface area contributed by atoms with E-state index in [4.69, 9.17) is 9.84 Å². The van der Waals surface area contributed by atoms with Crippen molar-refractivity contribution in [3.8, 4) is 5.75 Å². The Hall–Kier alpha value is -2.11. The van der Waals surface area contributed by atoms with Gasteiger partial charge in [-0.2, -0.15) is 0 Å². The number of hydrogen-bond donors (Lipinski definition) is 2. The van der Waals surface area contributed by atoms with Crippen LogP contribution in [0.4, 0.5) is 4.39 Å². The monoisotopic (exact) mass is 297 g/mol. The third kappa shape index (κ3) is 6.25. The van der Waals surface area contributed by atoms with Crippen molar-refractivity contribution in [2.24, 2.45) is 11.8 Å². The molecule has 1 amide bonds. The Morgan fingerprint density at radius 1 is 1.33 bits per heavy atom. The zero-order valence-electron chi connectivity index (χ0n) is 12.1. The summed E-state index contributed by atoms with van der Waals surface area (Å²) in [7, 11) is 0. The summed E-state index contributed by atoms with van der Waals surface area (Å²) < 4.78 is 18.3. The lowest BCUT2D eigenvalue weighted by Crippen LogP contribution is -2.36. The molecule has 21 heavy (non-hydrogen) atoms. The number of halogens is 1. The van der Waals surface area contributed by atoms with Crippen molar-refractivity contribution < 1.29 is 23.8 Å². The van der Waals surface area contributed by atoms with Gasteiger partial charge in [-0.25, -0.2) is 4.39 Å². The highest BCUT2D eigenvalue weighted by atomic mass is 19.1. The quantitative estimate of drug-likeness (QED) is 0.770. The zero-order chi connectivity index (χ0) is 15.8. The van der Waals surface area contributed by atoms with Crippen LogP contribution in [0.2, 0.25) is 0 Å². The van der Waals surface area contributed by atoms with Gasteiger partial charge in [-0.1, -0.05) is 26.0 Å². The van der Waals surface area contributed by atoms with E-state index < -0.39 is 23.6 Å². The number of aliphatic carboxylic acids is 1. The first-order valence-corrected chi connectivity index (χ1v) is 6.77. The molecule has 0 radical (unpaired) electrons. The molecule has 0 aromatic heterocycles. The molecule has 0 aliphatic heterocycles. The molecule has 1 rings (SSSR count). The summed E-state index contributed by atoms with van der Waals surface area (Å²) in [4.78, 5) is 22.6. The molecule has 6 heteroatoms. The molecule has 1 unspecified atom stereocenters. The smallest absolute Gasteiger partial charge is 0.308 e. The van der Waals surface area contributed by atoms with Crippen molar-refractivity contribution in [1.29, 1.82) is 0 Å². The van der Waals surface area contributed by atoms with E-state index in [2.05, 4.69) is 5.32 Å². The van der Waals surface area contributed by atoms with Crippen molar-refractivity contribution >= 4 is 11.9 Å². The van der Waals surface area contributed by atoms with Crippen LogP contribution in [0.3, 0.4) is 0 Å². The highest BCUT2D eigenvalue weighted by Crippen LogP contribution is 2.15. The number of rotatable bonds is 8. The minimum atomic E-state index is -0.945. The molecule has 0 saturated carbocycles. The van der Waals surface area contributed by atoms with Gasteiger partial charge < -0.3 is 15.2 Å². The van der Waals surface area contributed by atoms with Crippen LogP contribution in [0.25, 0.3) is 0 Å². The minimum absolute atomic E-state index is 0.00962. The lowest BCUT2D eigenvalue weighted by molar-refractivity contribution is -0.142. The normalized spacial score (nSPS) is 12.0. The Morgan fingerprint density at radius 3 is 2.57 bits per heavy atom. The molecule has 0 aliphatic carbocycles. The largest absolute Gasteiger partial charge is 0.481 e. The molecule has 0 spiro atoms. The summed E-state index contributed by atoms with van der Waals surface area (Å²) in [5.74, 6) is -2.40. The van der Waals surface area contributed by atoms with Gasteiger partial charge in [0.25, 0.3) is 5.91 Å². The van der Waals surface area contributed by atoms with E-state index in [9.17, 15) is 14.0 Å². The van der Waals surface area contributed by atoms with Crippen LogP contribution >= 0.6 is 0 Å². The summed E-state index contributed by atoms with van der Waals surface area (Å²) in [6.07, 6.45) is 0.476. The third-order valence-corrected chi connectivity index (χ3v) is 2.85. The number of hydrogen-bond acceptors (Lipinski definition) is 3. The van der Waals surface area contributed by atoms with Gasteiger partial charge in [-0.05, 0) is 24.5 Å². The van der Waals surface area contributed by atoms with Crippen LogP contribution in [-0.4, -0.2) is 30.1 Å². The van der Waals surface area contributed by atoms with E-state index >= 15 is 0 Å². The molecule has 1 aromatic carbocycles. The Morgan fingerprint density at radius 2 is 2.00 bits per heavy atom. The van der Waals surface area contributed by atoms with Gasteiger partial charge in [0.15, 0.2) is 18.2 Å². The van der Waals surface area contributed by atoms with Gasteiger partial charge in [0.2, 0.25) is 0 Å². The number of carboxylic acid groups (broad SMARTS) is 1. The molecule has 2 N–H and O–H groups in total. The fraction of sp³-hybridized carbons (Fsp3) is 0.467. The highest BCUT2D eigenvalue weighted by molar-refractivity contribution is 5.78. The standard InChI is InChI=1S/C15H20FNO4/c1-10(2)7-11(15(19)20)8-17-14(18)9-21-13-6-4-3-5-12(13)16/h3-6,10-11H,7-9H2,1-2H3,(H,17,18)(H,19,20). The Balaban J connectivity index is 2.39. The van der Waals surface area contributed by atoms with Gasteiger partial charge in [-0.15, -0.1) is 0 Å². The second-order valence-electron chi connectivity index (χ2n) is 5.19. The van der Waals surface area contributed by atoms with Crippen LogP contribution in [0.15, 0.2) is 24.3 Å². The number of amides is 1. The maximum Gasteiger partial charge on any atom is 0.308 e. The summed E-state index contributed by atoms with van der Waals surface area (Å²) in [6, 6.07) is 5.77. The maximum absolute atomic E-state index is 13.3. The van der Waals surface area contributed by atoms with E-state index in [0.717, 1.165) is 0 Å². The predicted octanol–water partition coefficient (Wildman–Crippen LogP) is 2.07. The molecule has 1 aromatic rings. The van der Waals surface area contributed by atoms with Gasteiger partial charge in [-0.3, -0.25) is 9.59 Å². The second-order valence-corrected chi connectivity index (χ2v) is 5.19. The first kappa shape index (κ1) is 16.9. The van der Waals surface area contributed by atoms with Gasteiger partial charge >= 0.3 is 5.97 Å². The van der Waals surface area contributed by atoms with Crippen LogP contribution in [0.5, 0.6) is 5.75 Å². The van der Waals surface area contributed by atoms with E-state index in [1.54, 1.807) is 6.07 Å². The summed E-state index contributed by atoms with van der Waals surface area (Å²) in [5.41, 5.74) is 0.